The van der Waals surface area contributed by atoms with Gasteiger partial charge in [0.15, 0.2) is 6.10 Å². The Morgan fingerprint density at radius 3 is 2.76 bits per heavy atom. The standard InChI is InChI=1S/C14H18O3/c1-4-8-12-9-6-7-10-13(12)17-11(3)14(15)16-5-2/h4,6-11H,5H2,1-3H3. The van der Waals surface area contributed by atoms with Crippen molar-refractivity contribution >= 4 is 12.0 Å². The number of carbonyl (C=O) groups excluding carboxylic acids is 1. The van der Waals surface area contributed by atoms with Crippen LogP contribution >= 0.6 is 0 Å². The molecule has 0 saturated carbocycles. The molecule has 1 atom stereocenters. The molecule has 0 bridgehead atoms. The van der Waals surface area contributed by atoms with Crippen molar-refractivity contribution in [3.8, 4) is 5.75 Å². The quantitative estimate of drug-likeness (QED) is 0.734. The Hall–Kier alpha value is -1.77. The van der Waals surface area contributed by atoms with Gasteiger partial charge in [0.1, 0.15) is 5.75 Å². The van der Waals surface area contributed by atoms with Gasteiger partial charge in [0.05, 0.1) is 6.61 Å². The summed E-state index contributed by atoms with van der Waals surface area (Å²) in [4.78, 5) is 11.5. The van der Waals surface area contributed by atoms with Crippen LogP contribution in [0.5, 0.6) is 5.75 Å². The van der Waals surface area contributed by atoms with Crippen molar-refractivity contribution in [2.75, 3.05) is 6.61 Å². The number of benzene rings is 1. The van der Waals surface area contributed by atoms with E-state index in [1.165, 1.54) is 0 Å². The van der Waals surface area contributed by atoms with E-state index in [1.54, 1.807) is 13.8 Å². The van der Waals surface area contributed by atoms with E-state index in [4.69, 9.17) is 9.47 Å². The van der Waals surface area contributed by atoms with E-state index in [-0.39, 0.29) is 5.97 Å². The van der Waals surface area contributed by atoms with Crippen LogP contribution < -0.4 is 4.74 Å². The molecule has 3 heteroatoms. The molecule has 92 valence electrons. The molecule has 0 radical (unpaired) electrons. The van der Waals surface area contributed by atoms with Gasteiger partial charge in [-0.25, -0.2) is 4.79 Å². The topological polar surface area (TPSA) is 35.5 Å². The maximum atomic E-state index is 11.5. The van der Waals surface area contributed by atoms with Crippen LogP contribution in [0.1, 0.15) is 26.3 Å². The first-order valence-corrected chi connectivity index (χ1v) is 5.74. The minimum absolute atomic E-state index is 0.345. The minimum Gasteiger partial charge on any atom is -0.478 e. The lowest BCUT2D eigenvalue weighted by Gasteiger charge is -2.14. The maximum absolute atomic E-state index is 11.5. The number of para-hydroxylation sites is 1. The molecule has 17 heavy (non-hydrogen) atoms. The lowest BCUT2D eigenvalue weighted by atomic mass is 10.2. The molecule has 0 fully saturated rings. The largest absolute Gasteiger partial charge is 0.478 e. The van der Waals surface area contributed by atoms with Gasteiger partial charge in [-0.15, -0.1) is 0 Å². The lowest BCUT2D eigenvalue weighted by molar-refractivity contribution is -0.150. The van der Waals surface area contributed by atoms with E-state index in [1.807, 2.05) is 43.3 Å². The third-order valence-corrected chi connectivity index (χ3v) is 2.19. The summed E-state index contributed by atoms with van der Waals surface area (Å²) < 4.78 is 10.5. The fourth-order valence-electron chi connectivity index (χ4n) is 1.40. The minimum atomic E-state index is -0.596. The van der Waals surface area contributed by atoms with Gasteiger partial charge in [-0.2, -0.15) is 0 Å². The van der Waals surface area contributed by atoms with Crippen molar-refractivity contribution in [3.63, 3.8) is 0 Å². The molecule has 0 saturated heterocycles. The molecular formula is C14H18O3. The first-order valence-electron chi connectivity index (χ1n) is 5.74. The number of hydrogen-bond acceptors (Lipinski definition) is 3. The highest BCUT2D eigenvalue weighted by atomic mass is 16.6. The molecule has 0 aromatic heterocycles. The highest BCUT2D eigenvalue weighted by Crippen LogP contribution is 2.20. The smallest absolute Gasteiger partial charge is 0.347 e. The summed E-state index contributed by atoms with van der Waals surface area (Å²) in [6.45, 7) is 5.76. The second-order valence-electron chi connectivity index (χ2n) is 3.55. The summed E-state index contributed by atoms with van der Waals surface area (Å²) in [6.07, 6.45) is 3.27. The summed E-state index contributed by atoms with van der Waals surface area (Å²) in [6, 6.07) is 7.58. The van der Waals surface area contributed by atoms with Crippen molar-refractivity contribution in [1.29, 1.82) is 0 Å². The number of carbonyl (C=O) groups is 1. The molecule has 1 rings (SSSR count). The Morgan fingerprint density at radius 2 is 2.12 bits per heavy atom. The van der Waals surface area contributed by atoms with E-state index < -0.39 is 6.10 Å². The van der Waals surface area contributed by atoms with E-state index in [9.17, 15) is 4.79 Å². The third-order valence-electron chi connectivity index (χ3n) is 2.19. The Morgan fingerprint density at radius 1 is 1.41 bits per heavy atom. The van der Waals surface area contributed by atoms with Crippen LogP contribution in [0.25, 0.3) is 6.08 Å². The van der Waals surface area contributed by atoms with E-state index in [2.05, 4.69) is 0 Å². The molecule has 1 aromatic carbocycles. The number of esters is 1. The van der Waals surface area contributed by atoms with Gasteiger partial charge >= 0.3 is 5.97 Å². The molecule has 0 spiro atoms. The Bertz CT molecular complexity index is 396. The van der Waals surface area contributed by atoms with Crippen LogP contribution in [0.4, 0.5) is 0 Å². The van der Waals surface area contributed by atoms with Gasteiger partial charge in [-0.05, 0) is 26.8 Å². The van der Waals surface area contributed by atoms with Crippen molar-refractivity contribution in [2.45, 2.75) is 26.9 Å². The van der Waals surface area contributed by atoms with Gasteiger partial charge in [0.2, 0.25) is 0 Å². The molecule has 0 heterocycles. The number of rotatable bonds is 5. The van der Waals surface area contributed by atoms with Crippen molar-refractivity contribution in [2.24, 2.45) is 0 Å². The second-order valence-corrected chi connectivity index (χ2v) is 3.55. The normalized spacial score (nSPS) is 12.4. The van der Waals surface area contributed by atoms with Gasteiger partial charge in [-0.3, -0.25) is 0 Å². The molecule has 3 nitrogen and oxygen atoms in total. The van der Waals surface area contributed by atoms with Crippen LogP contribution in [0, 0.1) is 0 Å². The summed E-state index contributed by atoms with van der Waals surface area (Å²) in [5.41, 5.74) is 0.950. The zero-order chi connectivity index (χ0) is 12.7. The number of allylic oxidation sites excluding steroid dienone is 1. The van der Waals surface area contributed by atoms with Gasteiger partial charge in [0.25, 0.3) is 0 Å². The highest BCUT2D eigenvalue weighted by Gasteiger charge is 2.16. The maximum Gasteiger partial charge on any atom is 0.347 e. The molecule has 0 aliphatic rings. The molecule has 0 aliphatic carbocycles. The van der Waals surface area contributed by atoms with E-state index in [0.717, 1.165) is 5.56 Å². The molecule has 0 amide bonds. The van der Waals surface area contributed by atoms with Crippen LogP contribution in [-0.4, -0.2) is 18.7 Å². The number of ether oxygens (including phenoxy) is 2. The van der Waals surface area contributed by atoms with Gasteiger partial charge < -0.3 is 9.47 Å². The lowest BCUT2D eigenvalue weighted by Crippen LogP contribution is -2.26. The Kier molecular flexibility index (Phi) is 5.27. The Balaban J connectivity index is 2.77. The Labute approximate surface area is 102 Å². The molecule has 0 N–H and O–H groups in total. The third kappa shape index (κ3) is 3.94. The van der Waals surface area contributed by atoms with Crippen LogP contribution in [-0.2, 0) is 9.53 Å². The second kappa shape index (κ2) is 6.74. The fraction of sp³-hybridized carbons (Fsp3) is 0.357. The summed E-state index contributed by atoms with van der Waals surface area (Å²) in [5.74, 6) is 0.342. The predicted octanol–water partition coefficient (Wildman–Crippen LogP) is 3.05. The summed E-state index contributed by atoms with van der Waals surface area (Å²) in [5, 5.41) is 0. The van der Waals surface area contributed by atoms with Crippen LogP contribution in [0.15, 0.2) is 30.3 Å². The average Bonchev–Trinajstić information content (AvgIpc) is 2.32. The first-order chi connectivity index (χ1) is 8.19. The fourth-order valence-corrected chi connectivity index (χ4v) is 1.40. The molecule has 1 unspecified atom stereocenters. The summed E-state index contributed by atoms with van der Waals surface area (Å²) >= 11 is 0. The predicted molar refractivity (Wildman–Crippen MR) is 67.9 cm³/mol. The molecule has 0 aliphatic heterocycles. The van der Waals surface area contributed by atoms with Crippen molar-refractivity contribution < 1.29 is 14.3 Å². The highest BCUT2D eigenvalue weighted by molar-refractivity contribution is 5.74. The molecular weight excluding hydrogens is 216 g/mol. The first kappa shape index (κ1) is 13.3. The summed E-state index contributed by atoms with van der Waals surface area (Å²) in [7, 11) is 0. The number of hydrogen-bond donors (Lipinski definition) is 0. The van der Waals surface area contributed by atoms with Gasteiger partial charge in [-0.1, -0.05) is 30.4 Å². The van der Waals surface area contributed by atoms with Crippen molar-refractivity contribution in [1.82, 2.24) is 0 Å². The van der Waals surface area contributed by atoms with Crippen LogP contribution in [0.3, 0.4) is 0 Å². The SMILES string of the molecule is CC=Cc1ccccc1OC(C)C(=O)OCC. The zero-order valence-corrected chi connectivity index (χ0v) is 10.5. The molecule has 1 aromatic rings. The zero-order valence-electron chi connectivity index (χ0n) is 10.5. The van der Waals surface area contributed by atoms with E-state index in [0.29, 0.717) is 12.4 Å². The van der Waals surface area contributed by atoms with Gasteiger partial charge in [0, 0.05) is 5.56 Å². The average molecular weight is 234 g/mol. The monoisotopic (exact) mass is 234 g/mol. The van der Waals surface area contributed by atoms with Crippen molar-refractivity contribution in [3.05, 3.63) is 35.9 Å². The van der Waals surface area contributed by atoms with E-state index >= 15 is 0 Å². The van der Waals surface area contributed by atoms with Crippen LogP contribution in [0.2, 0.25) is 0 Å².